The summed E-state index contributed by atoms with van der Waals surface area (Å²) in [6.45, 7) is 9.84. The molecule has 0 saturated heterocycles. The summed E-state index contributed by atoms with van der Waals surface area (Å²) in [5.41, 5.74) is 5.06. The lowest BCUT2D eigenvalue weighted by atomic mass is 10.0. The molecule has 0 fully saturated rings. The van der Waals surface area contributed by atoms with Crippen LogP contribution in [0.4, 0.5) is 0 Å². The molecule has 0 unspecified atom stereocenters. The average molecular weight is 341 g/mol. The second-order valence-electron chi connectivity index (χ2n) is 6.82. The Morgan fingerprint density at radius 2 is 1.84 bits per heavy atom. The van der Waals surface area contributed by atoms with E-state index in [9.17, 15) is 5.11 Å². The molecule has 3 heteroatoms. The molecule has 3 nitrogen and oxygen atoms in total. The Kier molecular flexibility index (Phi) is 8.13. The van der Waals surface area contributed by atoms with E-state index in [1.54, 1.807) is 0 Å². The summed E-state index contributed by atoms with van der Waals surface area (Å²) in [5.74, 6) is 0. The Morgan fingerprint density at radius 3 is 2.56 bits per heavy atom. The maximum atomic E-state index is 10.4. The van der Waals surface area contributed by atoms with Gasteiger partial charge in [-0.3, -0.25) is 4.90 Å². The van der Waals surface area contributed by atoms with Crippen LogP contribution in [0.1, 0.15) is 35.6 Å². The van der Waals surface area contributed by atoms with E-state index in [2.05, 4.69) is 43.9 Å². The van der Waals surface area contributed by atoms with E-state index in [1.807, 2.05) is 30.3 Å². The summed E-state index contributed by atoms with van der Waals surface area (Å²) in [5, 5.41) is 10.4. The van der Waals surface area contributed by atoms with Gasteiger partial charge in [0, 0.05) is 13.1 Å². The number of hydrogen-bond donors (Lipinski definition) is 1. The minimum atomic E-state index is -0.472. The number of aliphatic hydroxyl groups is 1. The van der Waals surface area contributed by atoms with Crippen LogP contribution in [0, 0.1) is 13.8 Å². The van der Waals surface area contributed by atoms with Crippen molar-refractivity contribution in [3.05, 3.63) is 70.8 Å². The minimum Gasteiger partial charge on any atom is -0.389 e. The Morgan fingerprint density at radius 1 is 1.08 bits per heavy atom. The van der Waals surface area contributed by atoms with Gasteiger partial charge in [0.05, 0.1) is 19.3 Å². The van der Waals surface area contributed by atoms with E-state index >= 15 is 0 Å². The molecular formula is C22H31NO2. The molecule has 0 bridgehead atoms. The predicted molar refractivity (Wildman–Crippen MR) is 104 cm³/mol. The van der Waals surface area contributed by atoms with Crippen molar-refractivity contribution in [2.75, 3.05) is 19.7 Å². The van der Waals surface area contributed by atoms with Gasteiger partial charge in [-0.05, 0) is 43.5 Å². The first kappa shape index (κ1) is 19.6. The van der Waals surface area contributed by atoms with Gasteiger partial charge in [-0.2, -0.15) is 0 Å². The summed E-state index contributed by atoms with van der Waals surface area (Å²) in [6.07, 6.45) is 0.600. The van der Waals surface area contributed by atoms with Gasteiger partial charge in [0.1, 0.15) is 0 Å². The van der Waals surface area contributed by atoms with Crippen molar-refractivity contribution >= 4 is 0 Å². The van der Waals surface area contributed by atoms with Crippen LogP contribution < -0.4 is 0 Å². The quantitative estimate of drug-likeness (QED) is 0.706. The van der Waals surface area contributed by atoms with Crippen molar-refractivity contribution in [2.45, 2.75) is 46.4 Å². The normalized spacial score (nSPS) is 12.5. The molecule has 0 heterocycles. The highest BCUT2D eigenvalue weighted by atomic mass is 16.5. The summed E-state index contributed by atoms with van der Waals surface area (Å²) in [6, 6.07) is 16.6. The van der Waals surface area contributed by atoms with Gasteiger partial charge in [-0.15, -0.1) is 0 Å². The lowest BCUT2D eigenvalue weighted by Gasteiger charge is -2.25. The van der Waals surface area contributed by atoms with Gasteiger partial charge in [0.15, 0.2) is 0 Å². The molecule has 25 heavy (non-hydrogen) atoms. The fourth-order valence-electron chi connectivity index (χ4n) is 3.00. The van der Waals surface area contributed by atoms with Crippen LogP contribution in [0.15, 0.2) is 48.5 Å². The first-order valence-electron chi connectivity index (χ1n) is 9.16. The third kappa shape index (κ3) is 6.99. The zero-order valence-electron chi connectivity index (χ0n) is 15.7. The molecule has 1 atom stereocenters. The van der Waals surface area contributed by atoms with E-state index in [1.165, 1.54) is 16.7 Å². The number of aryl methyl sites for hydroxylation is 2. The molecule has 0 saturated carbocycles. The number of nitrogens with zero attached hydrogens (tertiary/aromatic N) is 1. The number of rotatable bonds is 10. The fraction of sp³-hybridized carbons (Fsp3) is 0.455. The molecule has 2 rings (SSSR count). The highest BCUT2D eigenvalue weighted by Crippen LogP contribution is 2.14. The molecule has 0 radical (unpaired) electrons. The largest absolute Gasteiger partial charge is 0.389 e. The monoisotopic (exact) mass is 341 g/mol. The van der Waals surface area contributed by atoms with Gasteiger partial charge >= 0.3 is 0 Å². The Bertz CT molecular complexity index is 627. The van der Waals surface area contributed by atoms with Crippen LogP contribution in [-0.2, 0) is 17.9 Å². The molecule has 0 aliphatic rings. The minimum absolute atomic E-state index is 0.363. The molecule has 2 aromatic carbocycles. The summed E-state index contributed by atoms with van der Waals surface area (Å²) in [4.78, 5) is 2.32. The lowest BCUT2D eigenvalue weighted by molar-refractivity contribution is 0.00853. The van der Waals surface area contributed by atoms with Gasteiger partial charge in [-0.1, -0.05) is 61.0 Å². The zero-order chi connectivity index (χ0) is 18.1. The predicted octanol–water partition coefficient (Wildman–Crippen LogP) is 4.09. The molecule has 0 spiro atoms. The second-order valence-corrected chi connectivity index (χ2v) is 6.82. The molecule has 0 amide bonds. The second kappa shape index (κ2) is 10.3. The van der Waals surface area contributed by atoms with E-state index in [4.69, 9.17) is 4.74 Å². The third-order valence-electron chi connectivity index (χ3n) is 4.33. The molecule has 1 N–H and O–H groups in total. The fourth-order valence-corrected chi connectivity index (χ4v) is 3.00. The van der Waals surface area contributed by atoms with Crippen molar-refractivity contribution in [3.8, 4) is 0 Å². The maximum Gasteiger partial charge on any atom is 0.0900 e. The van der Waals surface area contributed by atoms with Gasteiger partial charge in [-0.25, -0.2) is 0 Å². The lowest BCUT2D eigenvalue weighted by Crippen LogP contribution is -2.35. The average Bonchev–Trinajstić information content (AvgIpc) is 2.59. The van der Waals surface area contributed by atoms with Crippen LogP contribution in [0.5, 0.6) is 0 Å². The number of ether oxygens (including phenoxy) is 1. The zero-order valence-corrected chi connectivity index (χ0v) is 15.7. The number of aliphatic hydroxyl groups excluding tert-OH is 1. The topological polar surface area (TPSA) is 32.7 Å². The summed E-state index contributed by atoms with van der Waals surface area (Å²) >= 11 is 0. The van der Waals surface area contributed by atoms with Crippen molar-refractivity contribution in [3.63, 3.8) is 0 Å². The van der Waals surface area contributed by atoms with E-state index in [0.29, 0.717) is 19.8 Å². The van der Waals surface area contributed by atoms with Gasteiger partial charge < -0.3 is 9.84 Å². The molecule has 0 aliphatic heterocycles. The van der Waals surface area contributed by atoms with E-state index in [-0.39, 0.29) is 0 Å². The summed E-state index contributed by atoms with van der Waals surface area (Å²) < 4.78 is 5.68. The van der Waals surface area contributed by atoms with Crippen LogP contribution >= 0.6 is 0 Å². The molecule has 136 valence electrons. The standard InChI is InChI=1S/C22H31NO2/c1-4-12-23(14-21-13-18(2)10-11-19(21)3)15-22(24)17-25-16-20-8-6-5-7-9-20/h5-11,13,22,24H,4,12,14-17H2,1-3H3/t22-/m0/s1. The highest BCUT2D eigenvalue weighted by Gasteiger charge is 2.13. The Labute approximate surface area is 152 Å². The molecular weight excluding hydrogens is 310 g/mol. The van der Waals surface area contributed by atoms with Gasteiger partial charge in [0.2, 0.25) is 0 Å². The van der Waals surface area contributed by atoms with Gasteiger partial charge in [0.25, 0.3) is 0 Å². The van der Waals surface area contributed by atoms with Crippen LogP contribution in [0.25, 0.3) is 0 Å². The van der Waals surface area contributed by atoms with Crippen LogP contribution in [-0.4, -0.2) is 35.8 Å². The van der Waals surface area contributed by atoms with E-state index in [0.717, 1.165) is 25.1 Å². The Balaban J connectivity index is 1.84. The summed E-state index contributed by atoms with van der Waals surface area (Å²) in [7, 11) is 0. The third-order valence-corrected chi connectivity index (χ3v) is 4.33. The number of benzene rings is 2. The van der Waals surface area contributed by atoms with Crippen molar-refractivity contribution < 1.29 is 9.84 Å². The number of hydrogen-bond acceptors (Lipinski definition) is 3. The van der Waals surface area contributed by atoms with Crippen molar-refractivity contribution in [1.82, 2.24) is 4.90 Å². The van der Waals surface area contributed by atoms with Crippen LogP contribution in [0.2, 0.25) is 0 Å². The smallest absolute Gasteiger partial charge is 0.0900 e. The first-order valence-corrected chi connectivity index (χ1v) is 9.16. The van der Waals surface area contributed by atoms with E-state index < -0.39 is 6.10 Å². The molecule has 0 aliphatic carbocycles. The first-order chi connectivity index (χ1) is 12.1. The highest BCUT2D eigenvalue weighted by molar-refractivity contribution is 5.30. The van der Waals surface area contributed by atoms with Crippen molar-refractivity contribution in [1.29, 1.82) is 0 Å². The van der Waals surface area contributed by atoms with Crippen molar-refractivity contribution in [2.24, 2.45) is 0 Å². The molecule has 2 aromatic rings. The SMILES string of the molecule is CCCN(Cc1cc(C)ccc1C)C[C@H](O)COCc1ccccc1. The Hall–Kier alpha value is -1.68. The van der Waals surface area contributed by atoms with Crippen LogP contribution in [0.3, 0.4) is 0 Å². The maximum absolute atomic E-state index is 10.4. The molecule has 0 aromatic heterocycles.